The van der Waals surface area contributed by atoms with Crippen LogP contribution in [0.15, 0.2) is 48.5 Å². The summed E-state index contributed by atoms with van der Waals surface area (Å²) in [5, 5.41) is 0.629. The van der Waals surface area contributed by atoms with Crippen molar-refractivity contribution >= 4 is 11.6 Å². The van der Waals surface area contributed by atoms with Gasteiger partial charge in [-0.1, -0.05) is 35.9 Å². The average Bonchev–Trinajstić information content (AvgIpc) is 2.28. The Kier molecular flexibility index (Phi) is 3.22. The van der Waals surface area contributed by atoms with Crippen molar-refractivity contribution in [3.63, 3.8) is 0 Å². The number of rotatable bonds is 2. The third kappa shape index (κ3) is 2.40. The minimum atomic E-state index is -0.352. The fourth-order valence-corrected chi connectivity index (χ4v) is 1.79. The van der Waals surface area contributed by atoms with E-state index in [1.807, 2.05) is 12.1 Å². The molecule has 0 aromatic heterocycles. The van der Waals surface area contributed by atoms with Crippen LogP contribution in [0.1, 0.15) is 17.2 Å². The molecule has 2 N–H and O–H groups in total. The first kappa shape index (κ1) is 11.1. The second kappa shape index (κ2) is 4.64. The van der Waals surface area contributed by atoms with Gasteiger partial charge in [0.05, 0.1) is 6.04 Å². The number of benzene rings is 2. The molecular formula is C13H11ClFN. The van der Waals surface area contributed by atoms with Crippen LogP contribution in [0.4, 0.5) is 4.39 Å². The first-order valence-electron chi connectivity index (χ1n) is 4.93. The fraction of sp³-hybridized carbons (Fsp3) is 0.0769. The van der Waals surface area contributed by atoms with Crippen molar-refractivity contribution in [2.24, 2.45) is 5.73 Å². The lowest BCUT2D eigenvalue weighted by molar-refractivity contribution is 0.623. The van der Waals surface area contributed by atoms with Crippen molar-refractivity contribution in [3.8, 4) is 0 Å². The molecule has 1 nitrogen and oxygen atoms in total. The van der Waals surface area contributed by atoms with Gasteiger partial charge in [0.15, 0.2) is 0 Å². The van der Waals surface area contributed by atoms with Crippen LogP contribution in [0.5, 0.6) is 0 Å². The normalized spacial score (nSPS) is 12.4. The number of hydrogen-bond acceptors (Lipinski definition) is 1. The lowest BCUT2D eigenvalue weighted by Gasteiger charge is -2.12. The van der Waals surface area contributed by atoms with Crippen LogP contribution >= 0.6 is 11.6 Å². The lowest BCUT2D eigenvalue weighted by atomic mass is 10.00. The van der Waals surface area contributed by atoms with Crippen LogP contribution in [0.25, 0.3) is 0 Å². The Bertz CT molecular complexity index is 453. The fourth-order valence-electron chi connectivity index (χ4n) is 1.59. The molecule has 0 heterocycles. The highest BCUT2D eigenvalue weighted by Crippen LogP contribution is 2.22. The largest absolute Gasteiger partial charge is 0.320 e. The van der Waals surface area contributed by atoms with Crippen molar-refractivity contribution in [2.45, 2.75) is 6.04 Å². The summed E-state index contributed by atoms with van der Waals surface area (Å²) in [6, 6.07) is 13.2. The van der Waals surface area contributed by atoms with E-state index < -0.39 is 0 Å². The van der Waals surface area contributed by atoms with Crippen LogP contribution in [0, 0.1) is 5.82 Å². The zero-order valence-corrected chi connectivity index (χ0v) is 9.29. The molecule has 2 aromatic rings. The summed E-state index contributed by atoms with van der Waals surface area (Å²) in [6.45, 7) is 0. The lowest BCUT2D eigenvalue weighted by Crippen LogP contribution is -2.11. The van der Waals surface area contributed by atoms with Gasteiger partial charge in [-0.15, -0.1) is 0 Å². The standard InChI is InChI=1S/C13H11ClFN/c14-11-5-1-3-9(7-11)13(16)10-4-2-6-12(15)8-10/h1-8,13H,16H2. The Morgan fingerprint density at radius 1 is 1.00 bits per heavy atom. The van der Waals surface area contributed by atoms with Gasteiger partial charge in [-0.2, -0.15) is 0 Å². The molecule has 0 saturated carbocycles. The SMILES string of the molecule is NC(c1cccc(F)c1)c1cccc(Cl)c1. The Balaban J connectivity index is 2.35. The third-order valence-electron chi connectivity index (χ3n) is 2.42. The van der Waals surface area contributed by atoms with E-state index in [0.717, 1.165) is 11.1 Å². The summed E-state index contributed by atoms with van der Waals surface area (Å²) in [5.41, 5.74) is 7.64. The minimum absolute atomic E-state index is 0.282. The topological polar surface area (TPSA) is 26.0 Å². The van der Waals surface area contributed by atoms with E-state index in [0.29, 0.717) is 5.02 Å². The van der Waals surface area contributed by atoms with E-state index in [9.17, 15) is 4.39 Å². The molecule has 2 rings (SSSR count). The molecule has 0 aliphatic heterocycles. The maximum atomic E-state index is 13.0. The molecule has 16 heavy (non-hydrogen) atoms. The predicted octanol–water partition coefficient (Wildman–Crippen LogP) is 3.53. The molecule has 0 fully saturated rings. The molecule has 2 aromatic carbocycles. The van der Waals surface area contributed by atoms with Gasteiger partial charge in [-0.3, -0.25) is 0 Å². The van der Waals surface area contributed by atoms with E-state index in [2.05, 4.69) is 0 Å². The maximum absolute atomic E-state index is 13.0. The summed E-state index contributed by atoms with van der Waals surface area (Å²) < 4.78 is 13.0. The molecule has 0 bridgehead atoms. The Morgan fingerprint density at radius 2 is 1.62 bits per heavy atom. The molecule has 0 aliphatic carbocycles. The van der Waals surface area contributed by atoms with Crippen LogP contribution in [0.3, 0.4) is 0 Å². The Morgan fingerprint density at radius 3 is 2.25 bits per heavy atom. The van der Waals surface area contributed by atoms with Crippen molar-refractivity contribution < 1.29 is 4.39 Å². The van der Waals surface area contributed by atoms with Crippen molar-refractivity contribution in [1.82, 2.24) is 0 Å². The third-order valence-corrected chi connectivity index (χ3v) is 2.65. The van der Waals surface area contributed by atoms with E-state index in [1.165, 1.54) is 12.1 Å². The molecule has 0 radical (unpaired) electrons. The molecule has 1 atom stereocenters. The maximum Gasteiger partial charge on any atom is 0.123 e. The molecule has 0 amide bonds. The van der Waals surface area contributed by atoms with E-state index in [4.69, 9.17) is 17.3 Å². The van der Waals surface area contributed by atoms with Gasteiger partial charge < -0.3 is 5.73 Å². The minimum Gasteiger partial charge on any atom is -0.320 e. The van der Waals surface area contributed by atoms with E-state index >= 15 is 0 Å². The predicted molar refractivity (Wildman–Crippen MR) is 63.9 cm³/mol. The summed E-state index contributed by atoms with van der Waals surface area (Å²) in [5.74, 6) is -0.282. The highest BCUT2D eigenvalue weighted by Gasteiger charge is 2.09. The first-order valence-corrected chi connectivity index (χ1v) is 5.31. The van der Waals surface area contributed by atoms with Crippen molar-refractivity contribution in [2.75, 3.05) is 0 Å². The van der Waals surface area contributed by atoms with Gasteiger partial charge in [-0.05, 0) is 35.4 Å². The second-order valence-electron chi connectivity index (χ2n) is 3.59. The second-order valence-corrected chi connectivity index (χ2v) is 4.02. The van der Waals surface area contributed by atoms with Gasteiger partial charge in [-0.25, -0.2) is 4.39 Å². The van der Waals surface area contributed by atoms with Gasteiger partial charge in [0.1, 0.15) is 5.82 Å². The van der Waals surface area contributed by atoms with Gasteiger partial charge in [0, 0.05) is 5.02 Å². The summed E-state index contributed by atoms with van der Waals surface area (Å²) >= 11 is 5.88. The molecule has 82 valence electrons. The first-order chi connectivity index (χ1) is 7.66. The van der Waals surface area contributed by atoms with Gasteiger partial charge >= 0.3 is 0 Å². The van der Waals surface area contributed by atoms with Crippen LogP contribution in [-0.4, -0.2) is 0 Å². The molecule has 0 aliphatic rings. The number of hydrogen-bond donors (Lipinski definition) is 1. The highest BCUT2D eigenvalue weighted by atomic mass is 35.5. The molecule has 1 unspecified atom stereocenters. The van der Waals surface area contributed by atoms with Gasteiger partial charge in [0.2, 0.25) is 0 Å². The van der Waals surface area contributed by atoms with Gasteiger partial charge in [0.25, 0.3) is 0 Å². The Hall–Kier alpha value is -1.38. The molecule has 0 spiro atoms. The zero-order chi connectivity index (χ0) is 11.5. The number of nitrogens with two attached hydrogens (primary N) is 1. The highest BCUT2D eigenvalue weighted by molar-refractivity contribution is 6.30. The Labute approximate surface area is 98.7 Å². The number of halogens is 2. The van der Waals surface area contributed by atoms with E-state index in [1.54, 1.807) is 24.3 Å². The summed E-state index contributed by atoms with van der Waals surface area (Å²) in [7, 11) is 0. The quantitative estimate of drug-likeness (QED) is 0.847. The molecule has 3 heteroatoms. The van der Waals surface area contributed by atoms with E-state index in [-0.39, 0.29) is 11.9 Å². The van der Waals surface area contributed by atoms with Crippen molar-refractivity contribution in [3.05, 3.63) is 70.5 Å². The van der Waals surface area contributed by atoms with Crippen molar-refractivity contribution in [1.29, 1.82) is 0 Å². The van der Waals surface area contributed by atoms with Crippen LogP contribution in [0.2, 0.25) is 5.02 Å². The van der Waals surface area contributed by atoms with Crippen LogP contribution < -0.4 is 5.73 Å². The molecular weight excluding hydrogens is 225 g/mol. The smallest absolute Gasteiger partial charge is 0.123 e. The van der Waals surface area contributed by atoms with Crippen LogP contribution in [-0.2, 0) is 0 Å². The monoisotopic (exact) mass is 235 g/mol. The zero-order valence-electron chi connectivity index (χ0n) is 8.53. The molecule has 0 saturated heterocycles. The average molecular weight is 236 g/mol. The summed E-state index contributed by atoms with van der Waals surface area (Å²) in [6.07, 6.45) is 0. The summed E-state index contributed by atoms with van der Waals surface area (Å²) in [4.78, 5) is 0.